The third kappa shape index (κ3) is 3.95. The maximum atomic E-state index is 12.7. The van der Waals surface area contributed by atoms with Crippen LogP contribution in [0.5, 0.6) is 5.75 Å². The Morgan fingerprint density at radius 1 is 1.41 bits per heavy atom. The first kappa shape index (κ1) is 20.4. The summed E-state index contributed by atoms with van der Waals surface area (Å²) in [4.78, 5) is 14.7. The first-order chi connectivity index (χ1) is 13.8. The van der Waals surface area contributed by atoms with Gasteiger partial charge in [-0.25, -0.2) is 0 Å². The molecule has 0 bridgehead atoms. The van der Waals surface area contributed by atoms with Gasteiger partial charge in [0.05, 0.1) is 12.0 Å². The van der Waals surface area contributed by atoms with Crippen LogP contribution in [-0.4, -0.2) is 47.3 Å². The molecular formula is C24H33NO4. The number of ether oxygens (including phenoxy) is 1. The maximum Gasteiger partial charge on any atom is 0.310 e. The van der Waals surface area contributed by atoms with Gasteiger partial charge in [0.2, 0.25) is 0 Å². The molecule has 29 heavy (non-hydrogen) atoms. The number of benzene rings is 1. The zero-order valence-corrected chi connectivity index (χ0v) is 17.5. The van der Waals surface area contributed by atoms with Crippen LogP contribution in [-0.2, 0) is 9.53 Å². The number of aliphatic hydroxyl groups excluding tert-OH is 1. The van der Waals surface area contributed by atoms with Crippen LogP contribution in [0.1, 0.15) is 50.7 Å². The van der Waals surface area contributed by atoms with Crippen molar-refractivity contribution < 1.29 is 19.7 Å². The number of carbonyl (C=O) groups is 1. The van der Waals surface area contributed by atoms with Crippen molar-refractivity contribution in [2.75, 3.05) is 20.1 Å². The van der Waals surface area contributed by atoms with Crippen LogP contribution in [0.4, 0.5) is 0 Å². The number of rotatable bonds is 5. The second-order valence-corrected chi connectivity index (χ2v) is 9.74. The van der Waals surface area contributed by atoms with E-state index in [1.165, 1.54) is 18.4 Å². The number of aromatic hydroxyl groups is 1. The molecule has 0 aromatic heterocycles. The molecule has 1 aliphatic heterocycles. The molecule has 2 saturated carbocycles. The average Bonchev–Trinajstić information content (AvgIpc) is 2.94. The Kier molecular flexibility index (Phi) is 5.47. The second-order valence-electron chi connectivity index (χ2n) is 9.74. The Morgan fingerprint density at radius 2 is 2.21 bits per heavy atom. The number of aliphatic hydroxyl groups is 1. The van der Waals surface area contributed by atoms with Gasteiger partial charge in [0.25, 0.3) is 0 Å². The Bertz CT molecular complexity index is 793. The number of esters is 1. The number of nitrogens with zero attached hydrogens (tertiary/aromatic N) is 1. The molecule has 3 fully saturated rings. The van der Waals surface area contributed by atoms with Crippen LogP contribution in [0, 0.1) is 23.2 Å². The standard InChI is InChI=1S/C24H33NO4/c1-15-6-5-9-24(2)12-22-18(11-20(15)24)19(23(28)29-22)13-25(3)14-21(27)16-7-4-8-17(26)10-16/h4,7-8,10,18-22,26-27H,1,5-6,9,11-14H2,2-3H3/t18-,19-,20-,21-,22+,24+/m0/s1. The van der Waals surface area contributed by atoms with Gasteiger partial charge >= 0.3 is 5.97 Å². The minimum absolute atomic E-state index is 0.0176. The fraction of sp³-hybridized carbons (Fsp3) is 0.625. The lowest BCUT2D eigenvalue weighted by molar-refractivity contribution is -0.146. The van der Waals surface area contributed by atoms with E-state index < -0.39 is 6.10 Å². The zero-order valence-electron chi connectivity index (χ0n) is 17.5. The van der Waals surface area contributed by atoms with Gasteiger partial charge < -0.3 is 19.8 Å². The van der Waals surface area contributed by atoms with Gasteiger partial charge in [-0.2, -0.15) is 0 Å². The van der Waals surface area contributed by atoms with E-state index in [1.807, 2.05) is 11.9 Å². The maximum absolute atomic E-state index is 12.7. The van der Waals surface area contributed by atoms with Crippen molar-refractivity contribution in [2.24, 2.45) is 23.2 Å². The van der Waals surface area contributed by atoms with Crippen molar-refractivity contribution in [3.05, 3.63) is 42.0 Å². The molecule has 5 nitrogen and oxygen atoms in total. The molecule has 0 radical (unpaired) electrons. The van der Waals surface area contributed by atoms with Gasteiger partial charge in [0.15, 0.2) is 0 Å². The van der Waals surface area contributed by atoms with Crippen molar-refractivity contribution in [1.82, 2.24) is 4.90 Å². The van der Waals surface area contributed by atoms with Crippen LogP contribution in [0.15, 0.2) is 36.4 Å². The summed E-state index contributed by atoms with van der Waals surface area (Å²) in [6.07, 6.45) is 4.72. The molecule has 3 aliphatic rings. The quantitative estimate of drug-likeness (QED) is 0.584. The van der Waals surface area contributed by atoms with Crippen LogP contribution in [0.3, 0.4) is 0 Å². The summed E-state index contributed by atoms with van der Waals surface area (Å²) in [7, 11) is 1.93. The minimum Gasteiger partial charge on any atom is -0.508 e. The number of carbonyl (C=O) groups excluding carboxylic acids is 1. The highest BCUT2D eigenvalue weighted by Crippen LogP contribution is 2.56. The van der Waals surface area contributed by atoms with Crippen molar-refractivity contribution in [3.8, 4) is 5.75 Å². The number of hydrogen-bond acceptors (Lipinski definition) is 5. The monoisotopic (exact) mass is 399 g/mol. The smallest absolute Gasteiger partial charge is 0.310 e. The average molecular weight is 400 g/mol. The normalized spacial score (nSPS) is 35.2. The molecule has 2 aliphatic carbocycles. The van der Waals surface area contributed by atoms with Gasteiger partial charge in [0.1, 0.15) is 11.9 Å². The number of phenols is 1. The molecule has 2 N–H and O–H groups in total. The van der Waals surface area contributed by atoms with E-state index in [9.17, 15) is 15.0 Å². The molecule has 158 valence electrons. The summed E-state index contributed by atoms with van der Waals surface area (Å²) in [6.45, 7) is 7.67. The summed E-state index contributed by atoms with van der Waals surface area (Å²) in [5.41, 5.74) is 2.24. The minimum atomic E-state index is -0.715. The number of phenolic OH excluding ortho intramolecular Hbond substituents is 1. The van der Waals surface area contributed by atoms with Crippen LogP contribution < -0.4 is 0 Å². The third-order valence-corrected chi connectivity index (χ3v) is 7.57. The van der Waals surface area contributed by atoms with Gasteiger partial charge in [-0.15, -0.1) is 0 Å². The molecule has 0 unspecified atom stereocenters. The predicted octanol–water partition coefficient (Wildman–Crippen LogP) is 3.67. The van der Waals surface area contributed by atoms with E-state index in [-0.39, 0.29) is 35.1 Å². The highest BCUT2D eigenvalue weighted by molar-refractivity contribution is 5.75. The van der Waals surface area contributed by atoms with Gasteiger partial charge in [0, 0.05) is 19.0 Å². The number of fused-ring (bicyclic) bond motifs is 2. The summed E-state index contributed by atoms with van der Waals surface area (Å²) in [5, 5.41) is 20.2. The SMILES string of the molecule is C=C1CCC[C@]2(C)C[C@H]3OC(=O)[C@@H](CN(C)C[C@H](O)c4cccc(O)c4)[C@@H]3C[C@@H]12. The van der Waals surface area contributed by atoms with E-state index in [4.69, 9.17) is 4.74 Å². The molecule has 1 aromatic carbocycles. The number of allylic oxidation sites excluding steroid dienone is 1. The van der Waals surface area contributed by atoms with Gasteiger partial charge in [-0.05, 0) is 68.2 Å². The summed E-state index contributed by atoms with van der Waals surface area (Å²) in [6, 6.07) is 6.69. The lowest BCUT2D eigenvalue weighted by atomic mass is 9.55. The highest BCUT2D eigenvalue weighted by atomic mass is 16.6. The summed E-state index contributed by atoms with van der Waals surface area (Å²) >= 11 is 0. The summed E-state index contributed by atoms with van der Waals surface area (Å²) in [5.74, 6) is 0.616. The molecule has 0 amide bonds. The van der Waals surface area contributed by atoms with Gasteiger partial charge in [-0.1, -0.05) is 31.2 Å². The topological polar surface area (TPSA) is 70.0 Å². The van der Waals surface area contributed by atoms with Crippen LogP contribution >= 0.6 is 0 Å². The van der Waals surface area contributed by atoms with Crippen molar-refractivity contribution in [3.63, 3.8) is 0 Å². The lowest BCUT2D eigenvalue weighted by Crippen LogP contribution is -2.45. The Labute approximate surface area is 173 Å². The number of likely N-dealkylation sites (N-methyl/N-ethyl adjacent to an activating group) is 1. The molecule has 1 saturated heterocycles. The van der Waals surface area contributed by atoms with Crippen molar-refractivity contribution in [2.45, 2.75) is 51.2 Å². The fourth-order valence-electron chi connectivity index (χ4n) is 6.01. The van der Waals surface area contributed by atoms with E-state index in [1.54, 1.807) is 24.3 Å². The van der Waals surface area contributed by atoms with Gasteiger partial charge in [-0.3, -0.25) is 4.79 Å². The molecule has 6 atom stereocenters. The Hall–Kier alpha value is -1.85. The van der Waals surface area contributed by atoms with Crippen molar-refractivity contribution in [1.29, 1.82) is 0 Å². The van der Waals surface area contributed by atoms with E-state index in [0.29, 0.717) is 24.6 Å². The molecule has 0 spiro atoms. The first-order valence-electron chi connectivity index (χ1n) is 10.8. The predicted molar refractivity (Wildman–Crippen MR) is 111 cm³/mol. The van der Waals surface area contributed by atoms with E-state index in [2.05, 4.69) is 13.5 Å². The Morgan fingerprint density at radius 3 is 2.97 bits per heavy atom. The zero-order chi connectivity index (χ0) is 20.8. The highest BCUT2D eigenvalue weighted by Gasteiger charge is 2.55. The third-order valence-electron chi connectivity index (χ3n) is 7.57. The van der Waals surface area contributed by atoms with E-state index in [0.717, 1.165) is 19.3 Å². The second kappa shape index (κ2) is 7.77. The molecular weight excluding hydrogens is 366 g/mol. The van der Waals surface area contributed by atoms with Crippen LogP contribution in [0.2, 0.25) is 0 Å². The van der Waals surface area contributed by atoms with Crippen molar-refractivity contribution >= 4 is 5.97 Å². The Balaban J connectivity index is 1.42. The largest absolute Gasteiger partial charge is 0.508 e. The fourth-order valence-corrected chi connectivity index (χ4v) is 6.01. The molecule has 1 aromatic rings. The van der Waals surface area contributed by atoms with E-state index >= 15 is 0 Å². The molecule has 4 rings (SSSR count). The molecule has 5 heteroatoms. The lowest BCUT2D eigenvalue weighted by Gasteiger charge is -2.50. The summed E-state index contributed by atoms with van der Waals surface area (Å²) < 4.78 is 5.84. The number of hydrogen-bond donors (Lipinski definition) is 2. The van der Waals surface area contributed by atoms with Crippen LogP contribution in [0.25, 0.3) is 0 Å². The first-order valence-corrected chi connectivity index (χ1v) is 10.8. The molecule has 1 heterocycles.